The molecule has 2 fully saturated rings. The van der Waals surface area contributed by atoms with Crippen LogP contribution in [0.4, 0.5) is 5.69 Å². The van der Waals surface area contributed by atoms with E-state index >= 15 is 0 Å². The summed E-state index contributed by atoms with van der Waals surface area (Å²) in [6, 6.07) is 7.57. The van der Waals surface area contributed by atoms with Crippen LogP contribution in [0.25, 0.3) is 0 Å². The molecule has 0 spiro atoms. The summed E-state index contributed by atoms with van der Waals surface area (Å²) >= 11 is 0. The fraction of sp³-hybridized carbons (Fsp3) is 0.619. The first-order chi connectivity index (χ1) is 12.1. The summed E-state index contributed by atoms with van der Waals surface area (Å²) < 4.78 is 0. The normalized spacial score (nSPS) is 27.8. The lowest BCUT2D eigenvalue weighted by atomic mass is 9.96. The van der Waals surface area contributed by atoms with Crippen LogP contribution < -0.4 is 10.6 Å². The van der Waals surface area contributed by atoms with Gasteiger partial charge in [0.05, 0.1) is 0 Å². The van der Waals surface area contributed by atoms with Crippen molar-refractivity contribution in [1.29, 1.82) is 0 Å². The first kappa shape index (κ1) is 18.0. The molecule has 2 saturated carbocycles. The molecule has 1 aromatic rings. The third-order valence-corrected chi connectivity index (χ3v) is 5.76. The SMILES string of the molecule is CCCCC1CCCC1NC(=O)c1ccc(NC(=O)C2CC2C)cc1. The lowest BCUT2D eigenvalue weighted by Gasteiger charge is -2.21. The van der Waals surface area contributed by atoms with Gasteiger partial charge in [0.1, 0.15) is 0 Å². The van der Waals surface area contributed by atoms with E-state index in [-0.39, 0.29) is 17.7 Å². The summed E-state index contributed by atoms with van der Waals surface area (Å²) in [7, 11) is 0. The number of hydrogen-bond donors (Lipinski definition) is 2. The highest BCUT2D eigenvalue weighted by atomic mass is 16.2. The zero-order valence-electron chi connectivity index (χ0n) is 15.4. The van der Waals surface area contributed by atoms with Crippen LogP contribution in [-0.2, 0) is 4.79 Å². The Balaban J connectivity index is 1.52. The Morgan fingerprint density at radius 3 is 2.52 bits per heavy atom. The lowest BCUT2D eigenvalue weighted by Crippen LogP contribution is -2.37. The number of carbonyl (C=O) groups excluding carboxylic acids is 2. The first-order valence-electron chi connectivity index (χ1n) is 9.80. The Labute approximate surface area is 150 Å². The molecule has 1 aromatic carbocycles. The van der Waals surface area contributed by atoms with E-state index in [4.69, 9.17) is 0 Å². The highest BCUT2D eigenvalue weighted by Crippen LogP contribution is 2.38. The zero-order valence-corrected chi connectivity index (χ0v) is 15.4. The van der Waals surface area contributed by atoms with Crippen molar-refractivity contribution in [3.8, 4) is 0 Å². The minimum atomic E-state index is 0.00194. The Bertz CT molecular complexity index is 611. The van der Waals surface area contributed by atoms with Gasteiger partial charge < -0.3 is 10.6 Å². The molecule has 0 aromatic heterocycles. The second-order valence-electron chi connectivity index (χ2n) is 7.80. The van der Waals surface area contributed by atoms with Crippen molar-refractivity contribution < 1.29 is 9.59 Å². The van der Waals surface area contributed by atoms with E-state index < -0.39 is 0 Å². The van der Waals surface area contributed by atoms with Crippen LogP contribution in [0.3, 0.4) is 0 Å². The summed E-state index contributed by atoms with van der Waals surface area (Å²) in [6.45, 7) is 4.31. The fourth-order valence-electron chi connectivity index (χ4n) is 3.92. The van der Waals surface area contributed by atoms with E-state index in [9.17, 15) is 9.59 Å². The summed E-state index contributed by atoms with van der Waals surface area (Å²) in [4.78, 5) is 24.5. The number of carbonyl (C=O) groups is 2. The third kappa shape index (κ3) is 4.62. The highest BCUT2D eigenvalue weighted by Gasteiger charge is 2.39. The molecular formula is C21H30N2O2. The fourth-order valence-corrected chi connectivity index (χ4v) is 3.92. The molecule has 4 heteroatoms. The number of rotatable bonds is 7. The van der Waals surface area contributed by atoms with Crippen LogP contribution >= 0.6 is 0 Å². The van der Waals surface area contributed by atoms with E-state index in [0.29, 0.717) is 23.4 Å². The average Bonchev–Trinajstić information content (AvgIpc) is 3.18. The zero-order chi connectivity index (χ0) is 17.8. The highest BCUT2D eigenvalue weighted by molar-refractivity contribution is 5.97. The number of nitrogens with one attached hydrogen (secondary N) is 2. The number of hydrogen-bond acceptors (Lipinski definition) is 2. The smallest absolute Gasteiger partial charge is 0.251 e. The minimum Gasteiger partial charge on any atom is -0.349 e. The molecule has 4 unspecified atom stereocenters. The largest absolute Gasteiger partial charge is 0.349 e. The lowest BCUT2D eigenvalue weighted by molar-refractivity contribution is -0.117. The van der Waals surface area contributed by atoms with Gasteiger partial charge in [-0.05, 0) is 61.8 Å². The van der Waals surface area contributed by atoms with Crippen LogP contribution in [-0.4, -0.2) is 17.9 Å². The molecule has 2 aliphatic carbocycles. The predicted octanol–water partition coefficient (Wildman–Crippen LogP) is 4.37. The number of benzene rings is 1. The van der Waals surface area contributed by atoms with Gasteiger partial charge in [-0.1, -0.05) is 33.1 Å². The maximum Gasteiger partial charge on any atom is 0.251 e. The average molecular weight is 342 g/mol. The summed E-state index contributed by atoms with van der Waals surface area (Å²) in [5, 5.41) is 6.16. The van der Waals surface area contributed by atoms with Gasteiger partial charge in [0.15, 0.2) is 0 Å². The van der Waals surface area contributed by atoms with Crippen molar-refractivity contribution in [1.82, 2.24) is 5.32 Å². The van der Waals surface area contributed by atoms with Crippen molar-refractivity contribution in [3.63, 3.8) is 0 Å². The molecule has 2 N–H and O–H groups in total. The van der Waals surface area contributed by atoms with Gasteiger partial charge in [0.25, 0.3) is 5.91 Å². The molecule has 25 heavy (non-hydrogen) atoms. The predicted molar refractivity (Wildman–Crippen MR) is 100 cm³/mol. The minimum absolute atomic E-state index is 0.00194. The molecular weight excluding hydrogens is 312 g/mol. The van der Waals surface area contributed by atoms with Crippen molar-refractivity contribution in [2.24, 2.45) is 17.8 Å². The molecule has 4 atom stereocenters. The van der Waals surface area contributed by atoms with E-state index in [1.807, 2.05) is 12.1 Å². The monoisotopic (exact) mass is 342 g/mol. The molecule has 4 nitrogen and oxygen atoms in total. The molecule has 136 valence electrons. The second-order valence-corrected chi connectivity index (χ2v) is 7.80. The summed E-state index contributed by atoms with van der Waals surface area (Å²) in [5.74, 6) is 1.38. The molecule has 0 bridgehead atoms. The molecule has 0 radical (unpaired) electrons. The van der Waals surface area contributed by atoms with E-state index in [2.05, 4.69) is 24.5 Å². The van der Waals surface area contributed by atoms with Crippen LogP contribution in [0.1, 0.15) is 69.2 Å². The van der Waals surface area contributed by atoms with Gasteiger partial charge in [-0.3, -0.25) is 9.59 Å². The Hall–Kier alpha value is -1.84. The molecule has 2 aliphatic rings. The maximum absolute atomic E-state index is 12.5. The van der Waals surface area contributed by atoms with Gasteiger partial charge in [0, 0.05) is 23.2 Å². The second kappa shape index (κ2) is 8.03. The van der Waals surface area contributed by atoms with Crippen molar-refractivity contribution in [2.45, 2.75) is 64.8 Å². The van der Waals surface area contributed by atoms with Gasteiger partial charge in [-0.2, -0.15) is 0 Å². The number of anilines is 1. The molecule has 2 amide bonds. The van der Waals surface area contributed by atoms with Crippen molar-refractivity contribution >= 4 is 17.5 Å². The van der Waals surface area contributed by atoms with Crippen LogP contribution in [0.2, 0.25) is 0 Å². The Morgan fingerprint density at radius 1 is 1.16 bits per heavy atom. The quantitative estimate of drug-likeness (QED) is 0.773. The Morgan fingerprint density at radius 2 is 1.88 bits per heavy atom. The van der Waals surface area contributed by atoms with Crippen molar-refractivity contribution in [2.75, 3.05) is 5.32 Å². The van der Waals surface area contributed by atoms with Crippen LogP contribution in [0, 0.1) is 17.8 Å². The van der Waals surface area contributed by atoms with E-state index in [0.717, 1.165) is 18.5 Å². The van der Waals surface area contributed by atoms with E-state index in [1.54, 1.807) is 12.1 Å². The van der Waals surface area contributed by atoms with Gasteiger partial charge in [-0.25, -0.2) is 0 Å². The summed E-state index contributed by atoms with van der Waals surface area (Å²) in [5.41, 5.74) is 1.43. The molecule has 0 aliphatic heterocycles. The topological polar surface area (TPSA) is 58.2 Å². The molecule has 3 rings (SSSR count). The summed E-state index contributed by atoms with van der Waals surface area (Å²) in [6.07, 6.45) is 8.18. The van der Waals surface area contributed by atoms with Crippen LogP contribution in [0.15, 0.2) is 24.3 Å². The molecule has 0 saturated heterocycles. The standard InChI is InChI=1S/C21H30N2O2/c1-3-4-6-15-7-5-8-19(15)23-20(24)16-9-11-17(12-10-16)22-21(25)18-13-14(18)2/h9-12,14-15,18-19H,3-8,13H2,1-2H3,(H,22,25)(H,23,24). The maximum atomic E-state index is 12.5. The number of unbranched alkanes of at least 4 members (excludes halogenated alkanes) is 1. The third-order valence-electron chi connectivity index (χ3n) is 5.76. The Kier molecular flexibility index (Phi) is 5.77. The van der Waals surface area contributed by atoms with Gasteiger partial charge in [0.2, 0.25) is 5.91 Å². The van der Waals surface area contributed by atoms with Gasteiger partial charge in [-0.15, -0.1) is 0 Å². The van der Waals surface area contributed by atoms with Crippen molar-refractivity contribution in [3.05, 3.63) is 29.8 Å². The van der Waals surface area contributed by atoms with E-state index in [1.165, 1.54) is 32.1 Å². The van der Waals surface area contributed by atoms with Gasteiger partial charge >= 0.3 is 0 Å². The van der Waals surface area contributed by atoms with Crippen LogP contribution in [0.5, 0.6) is 0 Å². The molecule has 0 heterocycles. The number of amides is 2. The first-order valence-corrected chi connectivity index (χ1v) is 9.80.